The lowest BCUT2D eigenvalue weighted by atomic mass is 10.1. The predicted molar refractivity (Wildman–Crippen MR) is 108 cm³/mol. The number of benzene rings is 3. The van der Waals surface area contributed by atoms with Gasteiger partial charge in [0.05, 0.1) is 6.42 Å². The first-order valence-corrected chi connectivity index (χ1v) is 8.56. The molecule has 0 heterocycles. The van der Waals surface area contributed by atoms with Crippen LogP contribution in [0.1, 0.15) is 23.7 Å². The third-order valence-electron chi connectivity index (χ3n) is 4.04. The van der Waals surface area contributed by atoms with E-state index in [4.69, 9.17) is 0 Å². The van der Waals surface area contributed by atoms with Crippen molar-refractivity contribution in [2.45, 2.75) is 13.3 Å². The van der Waals surface area contributed by atoms with Gasteiger partial charge in [-0.2, -0.15) is 5.10 Å². The van der Waals surface area contributed by atoms with Gasteiger partial charge in [-0.3, -0.25) is 9.59 Å². The van der Waals surface area contributed by atoms with Crippen LogP contribution in [-0.2, 0) is 4.79 Å². The quantitative estimate of drug-likeness (QED) is 0.310. The summed E-state index contributed by atoms with van der Waals surface area (Å²) in [4.78, 5) is 24.2. The van der Waals surface area contributed by atoms with E-state index in [1.807, 2.05) is 42.5 Å². The number of hydrazone groups is 1. The largest absolute Gasteiger partial charge is 0.504 e. The zero-order valence-corrected chi connectivity index (χ0v) is 15.1. The van der Waals surface area contributed by atoms with E-state index in [-0.39, 0.29) is 23.6 Å². The molecule has 0 bridgehead atoms. The lowest BCUT2D eigenvalue weighted by Gasteiger charge is -2.07. The van der Waals surface area contributed by atoms with E-state index in [2.05, 4.69) is 15.8 Å². The number of hydrogen-bond acceptors (Lipinski definition) is 5. The predicted octanol–water partition coefficient (Wildman–Crippen LogP) is 3.39. The number of phenolic OH excluding ortho intramolecular Hbond substituents is 2. The highest BCUT2D eigenvalue weighted by Gasteiger charge is 2.09. The van der Waals surface area contributed by atoms with Gasteiger partial charge in [-0.1, -0.05) is 30.3 Å². The summed E-state index contributed by atoms with van der Waals surface area (Å²) in [6.07, 6.45) is 0.00787. The molecular formula is C21H19N3O4. The fraction of sp³-hybridized carbons (Fsp3) is 0.0952. The Hall–Kier alpha value is -3.87. The molecule has 0 aromatic heterocycles. The van der Waals surface area contributed by atoms with Gasteiger partial charge in [0.1, 0.15) is 0 Å². The van der Waals surface area contributed by atoms with Gasteiger partial charge in [0.2, 0.25) is 5.91 Å². The van der Waals surface area contributed by atoms with Crippen LogP contribution in [0.25, 0.3) is 10.8 Å². The summed E-state index contributed by atoms with van der Waals surface area (Å²) in [6.45, 7) is 1.62. The van der Waals surface area contributed by atoms with Crippen molar-refractivity contribution < 1.29 is 19.8 Å². The van der Waals surface area contributed by atoms with Crippen LogP contribution in [0.4, 0.5) is 5.69 Å². The molecule has 0 saturated carbocycles. The Balaban J connectivity index is 1.58. The van der Waals surface area contributed by atoms with E-state index in [1.165, 1.54) is 12.1 Å². The number of carbonyl (C=O) groups excluding carboxylic acids is 2. The molecule has 0 atom stereocenters. The van der Waals surface area contributed by atoms with Crippen molar-refractivity contribution in [1.29, 1.82) is 0 Å². The van der Waals surface area contributed by atoms with Crippen molar-refractivity contribution in [1.82, 2.24) is 5.43 Å². The molecule has 0 unspecified atom stereocenters. The van der Waals surface area contributed by atoms with Crippen molar-refractivity contribution in [2.24, 2.45) is 5.10 Å². The molecule has 0 aliphatic rings. The summed E-state index contributed by atoms with van der Waals surface area (Å²) in [5.74, 6) is -1.54. The molecule has 4 N–H and O–H groups in total. The summed E-state index contributed by atoms with van der Waals surface area (Å²) < 4.78 is 0. The van der Waals surface area contributed by atoms with Gasteiger partial charge in [-0.05, 0) is 48.0 Å². The molecule has 7 heteroatoms. The molecule has 142 valence electrons. The standard InChI is InChI=1S/C21H19N3O4/c1-13(23-24-21(28)16-7-9-18(25)19(26)12-16)10-20(27)22-17-8-6-14-4-2-3-5-15(14)11-17/h2-9,11-12,25-26H,10H2,1H3,(H,22,27)(H,24,28)/b23-13-. The molecule has 3 aromatic carbocycles. The van der Waals surface area contributed by atoms with Crippen molar-refractivity contribution in [2.75, 3.05) is 5.32 Å². The maximum absolute atomic E-state index is 12.2. The summed E-state index contributed by atoms with van der Waals surface area (Å²) in [5, 5.41) is 27.5. The lowest BCUT2D eigenvalue weighted by molar-refractivity contribution is -0.115. The Bertz CT molecular complexity index is 1080. The highest BCUT2D eigenvalue weighted by Crippen LogP contribution is 2.24. The van der Waals surface area contributed by atoms with E-state index < -0.39 is 11.7 Å². The SMILES string of the molecule is C/C(CC(=O)Nc1ccc2ccccc2c1)=N/NC(=O)c1ccc(O)c(O)c1. The molecule has 0 fully saturated rings. The van der Waals surface area contributed by atoms with Crippen LogP contribution in [-0.4, -0.2) is 27.7 Å². The third-order valence-corrected chi connectivity index (χ3v) is 4.04. The second-order valence-electron chi connectivity index (χ2n) is 6.28. The lowest BCUT2D eigenvalue weighted by Crippen LogP contribution is -2.21. The molecule has 3 aromatic rings. The second kappa shape index (κ2) is 8.22. The first kappa shape index (κ1) is 18.9. The summed E-state index contributed by atoms with van der Waals surface area (Å²) in [7, 11) is 0. The number of amides is 2. The number of hydrogen-bond donors (Lipinski definition) is 4. The number of carbonyl (C=O) groups is 2. The van der Waals surface area contributed by atoms with E-state index >= 15 is 0 Å². The van der Waals surface area contributed by atoms with Gasteiger partial charge in [0, 0.05) is 17.0 Å². The zero-order valence-electron chi connectivity index (χ0n) is 15.1. The van der Waals surface area contributed by atoms with Crippen LogP contribution in [0.3, 0.4) is 0 Å². The molecule has 7 nitrogen and oxygen atoms in total. The second-order valence-corrected chi connectivity index (χ2v) is 6.28. The number of nitrogens with zero attached hydrogens (tertiary/aromatic N) is 1. The summed E-state index contributed by atoms with van der Waals surface area (Å²) in [6, 6.07) is 17.2. The van der Waals surface area contributed by atoms with Gasteiger partial charge in [0.25, 0.3) is 5.91 Å². The third kappa shape index (κ3) is 4.64. The topological polar surface area (TPSA) is 111 Å². The average molecular weight is 377 g/mol. The number of fused-ring (bicyclic) bond motifs is 1. The first-order valence-electron chi connectivity index (χ1n) is 8.56. The van der Waals surface area contributed by atoms with Crippen molar-refractivity contribution in [3.63, 3.8) is 0 Å². The van der Waals surface area contributed by atoms with Gasteiger partial charge in [-0.25, -0.2) is 5.43 Å². The highest BCUT2D eigenvalue weighted by molar-refractivity contribution is 6.06. The number of nitrogens with one attached hydrogen (secondary N) is 2. The van der Waals surface area contributed by atoms with Gasteiger partial charge < -0.3 is 15.5 Å². The highest BCUT2D eigenvalue weighted by atomic mass is 16.3. The Labute approximate surface area is 161 Å². The van der Waals surface area contributed by atoms with Crippen LogP contribution in [0.5, 0.6) is 11.5 Å². The van der Waals surface area contributed by atoms with Crippen molar-refractivity contribution >= 4 is 34.0 Å². The van der Waals surface area contributed by atoms with Crippen molar-refractivity contribution in [3.05, 3.63) is 66.2 Å². The molecular weight excluding hydrogens is 358 g/mol. The van der Waals surface area contributed by atoms with E-state index in [9.17, 15) is 19.8 Å². The Kier molecular flexibility index (Phi) is 5.55. The van der Waals surface area contributed by atoms with Crippen LogP contribution in [0.15, 0.2) is 65.8 Å². The molecule has 0 aliphatic heterocycles. The van der Waals surface area contributed by atoms with E-state index in [0.29, 0.717) is 11.4 Å². The van der Waals surface area contributed by atoms with Crippen molar-refractivity contribution in [3.8, 4) is 11.5 Å². The van der Waals surface area contributed by atoms with Crippen LogP contribution >= 0.6 is 0 Å². The van der Waals surface area contributed by atoms with Gasteiger partial charge in [0.15, 0.2) is 11.5 Å². The number of aromatic hydroxyl groups is 2. The Morgan fingerprint density at radius 2 is 1.68 bits per heavy atom. The first-order chi connectivity index (χ1) is 13.4. The van der Waals surface area contributed by atoms with Crippen LogP contribution in [0, 0.1) is 0 Å². The van der Waals surface area contributed by atoms with E-state index in [1.54, 1.807) is 6.92 Å². The minimum atomic E-state index is -0.565. The summed E-state index contributed by atoms with van der Waals surface area (Å²) in [5.41, 5.74) is 3.54. The Morgan fingerprint density at radius 1 is 0.929 bits per heavy atom. The molecule has 0 radical (unpaired) electrons. The molecule has 0 spiro atoms. The average Bonchev–Trinajstić information content (AvgIpc) is 2.68. The fourth-order valence-corrected chi connectivity index (χ4v) is 2.62. The number of anilines is 1. The number of phenols is 2. The van der Waals surface area contributed by atoms with Gasteiger partial charge >= 0.3 is 0 Å². The Morgan fingerprint density at radius 3 is 2.43 bits per heavy atom. The van der Waals surface area contributed by atoms with E-state index in [0.717, 1.165) is 16.8 Å². The zero-order chi connectivity index (χ0) is 20.1. The molecule has 0 saturated heterocycles. The van der Waals surface area contributed by atoms with Crippen LogP contribution < -0.4 is 10.7 Å². The molecule has 28 heavy (non-hydrogen) atoms. The maximum atomic E-state index is 12.2. The minimum Gasteiger partial charge on any atom is -0.504 e. The number of rotatable bonds is 5. The molecule has 2 amide bonds. The fourth-order valence-electron chi connectivity index (χ4n) is 2.62. The molecule has 0 aliphatic carbocycles. The smallest absolute Gasteiger partial charge is 0.271 e. The minimum absolute atomic E-state index is 0.00787. The van der Waals surface area contributed by atoms with Gasteiger partial charge in [-0.15, -0.1) is 0 Å². The maximum Gasteiger partial charge on any atom is 0.271 e. The monoisotopic (exact) mass is 377 g/mol. The normalized spacial score (nSPS) is 11.2. The van der Waals surface area contributed by atoms with Crippen LogP contribution in [0.2, 0.25) is 0 Å². The summed E-state index contributed by atoms with van der Waals surface area (Å²) >= 11 is 0. The molecule has 3 rings (SSSR count).